The van der Waals surface area contributed by atoms with Gasteiger partial charge in [-0.3, -0.25) is 0 Å². The van der Waals surface area contributed by atoms with E-state index >= 15 is 0 Å². The average molecular weight is 465 g/mol. The summed E-state index contributed by atoms with van der Waals surface area (Å²) < 4.78 is 6.49. The monoisotopic (exact) mass is 464 g/mol. The fourth-order valence-corrected chi connectivity index (χ4v) is 5.89. The standard InChI is InChI=1S/C32H29ClO/c1-31(2)15-16-32(3,4)27-19-30-25(18-26(27)31)24-14-13-20(17-29(24)34-30)21-9-5-6-10-22(21)23-11-7-8-12-28(23)33/h5-14,17-19H,15-16H2,1-4H3. The molecule has 1 nitrogen and oxygen atoms in total. The maximum atomic E-state index is 6.56. The highest BCUT2D eigenvalue weighted by atomic mass is 35.5. The van der Waals surface area contributed by atoms with Crippen molar-refractivity contribution >= 4 is 33.5 Å². The van der Waals surface area contributed by atoms with Gasteiger partial charge in [0, 0.05) is 21.4 Å². The Morgan fingerprint density at radius 1 is 0.618 bits per heavy atom. The van der Waals surface area contributed by atoms with Crippen LogP contribution in [-0.4, -0.2) is 0 Å². The molecule has 0 saturated heterocycles. The van der Waals surface area contributed by atoms with E-state index in [1.165, 1.54) is 34.7 Å². The number of hydrogen-bond donors (Lipinski definition) is 0. The lowest BCUT2D eigenvalue weighted by atomic mass is 9.63. The van der Waals surface area contributed by atoms with E-state index in [-0.39, 0.29) is 10.8 Å². The Labute approximate surface area is 206 Å². The van der Waals surface area contributed by atoms with Crippen LogP contribution in [0.4, 0.5) is 0 Å². The number of hydrogen-bond acceptors (Lipinski definition) is 1. The molecular formula is C32H29ClO. The van der Waals surface area contributed by atoms with Gasteiger partial charge in [-0.25, -0.2) is 0 Å². The van der Waals surface area contributed by atoms with Crippen LogP contribution in [0, 0.1) is 0 Å². The first kappa shape index (κ1) is 21.5. The summed E-state index contributed by atoms with van der Waals surface area (Å²) in [6, 6.07) is 27.8. The van der Waals surface area contributed by atoms with Crippen molar-refractivity contribution in [3.63, 3.8) is 0 Å². The summed E-state index contributed by atoms with van der Waals surface area (Å²) in [5, 5.41) is 3.15. The van der Waals surface area contributed by atoms with Gasteiger partial charge in [0.15, 0.2) is 0 Å². The summed E-state index contributed by atoms with van der Waals surface area (Å²) in [6.07, 6.45) is 2.40. The van der Waals surface area contributed by atoms with Gasteiger partial charge in [0.25, 0.3) is 0 Å². The van der Waals surface area contributed by atoms with Crippen molar-refractivity contribution in [2.45, 2.75) is 51.4 Å². The minimum atomic E-state index is 0.164. The molecule has 0 spiro atoms. The Hall–Kier alpha value is -3.03. The van der Waals surface area contributed by atoms with E-state index in [1.807, 2.05) is 18.2 Å². The molecule has 4 aromatic carbocycles. The maximum Gasteiger partial charge on any atom is 0.136 e. The molecule has 0 aliphatic heterocycles. The lowest BCUT2D eigenvalue weighted by Crippen LogP contribution is -2.33. The molecule has 0 amide bonds. The molecule has 2 heteroatoms. The molecule has 1 aromatic heterocycles. The lowest BCUT2D eigenvalue weighted by molar-refractivity contribution is 0.332. The normalized spacial score (nSPS) is 16.6. The second kappa shape index (κ2) is 7.48. The van der Waals surface area contributed by atoms with Gasteiger partial charge in [0.1, 0.15) is 11.2 Å². The zero-order chi connectivity index (χ0) is 23.7. The van der Waals surface area contributed by atoms with E-state index in [2.05, 4.69) is 88.4 Å². The van der Waals surface area contributed by atoms with Crippen LogP contribution in [0.2, 0.25) is 5.02 Å². The van der Waals surface area contributed by atoms with Crippen LogP contribution < -0.4 is 0 Å². The minimum absolute atomic E-state index is 0.164. The molecule has 34 heavy (non-hydrogen) atoms. The first-order valence-electron chi connectivity index (χ1n) is 12.1. The topological polar surface area (TPSA) is 13.1 Å². The predicted molar refractivity (Wildman–Crippen MR) is 145 cm³/mol. The van der Waals surface area contributed by atoms with E-state index in [4.69, 9.17) is 16.0 Å². The maximum absolute atomic E-state index is 6.56. The quantitative estimate of drug-likeness (QED) is 0.253. The van der Waals surface area contributed by atoms with Crippen LogP contribution in [0.15, 0.2) is 83.3 Å². The number of halogens is 1. The van der Waals surface area contributed by atoms with Crippen molar-refractivity contribution in [1.82, 2.24) is 0 Å². The molecule has 0 radical (unpaired) electrons. The third-order valence-electron chi connectivity index (χ3n) is 7.85. The van der Waals surface area contributed by atoms with Crippen molar-refractivity contribution in [1.29, 1.82) is 0 Å². The van der Waals surface area contributed by atoms with Crippen LogP contribution in [0.5, 0.6) is 0 Å². The Morgan fingerprint density at radius 3 is 1.91 bits per heavy atom. The van der Waals surface area contributed by atoms with Crippen LogP contribution in [0.3, 0.4) is 0 Å². The van der Waals surface area contributed by atoms with Gasteiger partial charge in [-0.05, 0) is 81.8 Å². The fourth-order valence-electron chi connectivity index (χ4n) is 5.65. The largest absolute Gasteiger partial charge is 0.456 e. The third kappa shape index (κ3) is 3.29. The molecule has 0 unspecified atom stereocenters. The van der Waals surface area contributed by atoms with Crippen molar-refractivity contribution in [3.8, 4) is 22.3 Å². The molecule has 0 fully saturated rings. The van der Waals surface area contributed by atoms with Crippen molar-refractivity contribution < 1.29 is 4.42 Å². The van der Waals surface area contributed by atoms with Crippen LogP contribution in [0.25, 0.3) is 44.2 Å². The highest BCUT2D eigenvalue weighted by Crippen LogP contribution is 2.48. The number of benzene rings is 4. The lowest BCUT2D eigenvalue weighted by Gasteiger charge is -2.41. The summed E-state index contributed by atoms with van der Waals surface area (Å²) in [4.78, 5) is 0. The summed E-state index contributed by atoms with van der Waals surface area (Å²) >= 11 is 6.56. The van der Waals surface area contributed by atoms with E-state index in [1.54, 1.807) is 0 Å². The number of fused-ring (bicyclic) bond motifs is 4. The highest BCUT2D eigenvalue weighted by Gasteiger charge is 2.37. The third-order valence-corrected chi connectivity index (χ3v) is 8.18. The summed E-state index contributed by atoms with van der Waals surface area (Å²) in [7, 11) is 0. The zero-order valence-corrected chi connectivity index (χ0v) is 21.0. The van der Waals surface area contributed by atoms with Gasteiger partial charge < -0.3 is 4.42 Å². The Balaban J connectivity index is 1.55. The smallest absolute Gasteiger partial charge is 0.136 e. The van der Waals surface area contributed by atoms with Crippen LogP contribution >= 0.6 is 11.6 Å². The molecule has 1 heterocycles. The predicted octanol–water partition coefficient (Wildman–Crippen LogP) is 9.92. The molecule has 1 aliphatic rings. The second-order valence-electron chi connectivity index (χ2n) is 11.0. The van der Waals surface area contributed by atoms with Gasteiger partial charge in [-0.15, -0.1) is 0 Å². The molecule has 5 aromatic rings. The Morgan fingerprint density at radius 2 is 1.21 bits per heavy atom. The summed E-state index contributed by atoms with van der Waals surface area (Å²) in [6.45, 7) is 9.47. The molecule has 0 N–H and O–H groups in total. The molecule has 170 valence electrons. The molecule has 0 saturated carbocycles. The number of rotatable bonds is 2. The van der Waals surface area contributed by atoms with Gasteiger partial charge in [0.2, 0.25) is 0 Å². The molecule has 0 atom stereocenters. The van der Waals surface area contributed by atoms with Crippen LogP contribution in [0.1, 0.15) is 51.7 Å². The Kier molecular flexibility index (Phi) is 4.73. The van der Waals surface area contributed by atoms with Gasteiger partial charge in [0.05, 0.1) is 0 Å². The second-order valence-corrected chi connectivity index (χ2v) is 11.4. The summed E-state index contributed by atoms with van der Waals surface area (Å²) in [5.74, 6) is 0. The summed E-state index contributed by atoms with van der Waals surface area (Å²) in [5.41, 5.74) is 9.60. The molecule has 1 aliphatic carbocycles. The Bertz CT molecular complexity index is 1570. The van der Waals surface area contributed by atoms with Crippen molar-refractivity contribution in [2.75, 3.05) is 0 Å². The van der Waals surface area contributed by atoms with E-state index < -0.39 is 0 Å². The minimum Gasteiger partial charge on any atom is -0.456 e. The first-order valence-corrected chi connectivity index (χ1v) is 12.5. The molecular weight excluding hydrogens is 436 g/mol. The SMILES string of the molecule is CC1(C)CCC(C)(C)c2cc3c(cc21)oc1cc(-c2ccccc2-c2ccccc2Cl)ccc13. The van der Waals surface area contributed by atoms with Crippen molar-refractivity contribution in [3.05, 3.63) is 95.0 Å². The van der Waals surface area contributed by atoms with Gasteiger partial charge in [-0.2, -0.15) is 0 Å². The van der Waals surface area contributed by atoms with E-state index in [0.717, 1.165) is 38.4 Å². The average Bonchev–Trinajstić information content (AvgIpc) is 3.19. The zero-order valence-electron chi connectivity index (χ0n) is 20.2. The first-order chi connectivity index (χ1) is 16.2. The van der Waals surface area contributed by atoms with E-state index in [9.17, 15) is 0 Å². The molecule has 0 bridgehead atoms. The van der Waals surface area contributed by atoms with Gasteiger partial charge in [-0.1, -0.05) is 87.8 Å². The van der Waals surface area contributed by atoms with Crippen molar-refractivity contribution in [2.24, 2.45) is 0 Å². The number of furan rings is 1. The highest BCUT2D eigenvalue weighted by molar-refractivity contribution is 6.33. The van der Waals surface area contributed by atoms with E-state index in [0.29, 0.717) is 0 Å². The van der Waals surface area contributed by atoms with Crippen LogP contribution in [-0.2, 0) is 10.8 Å². The molecule has 6 rings (SSSR count). The fraction of sp³-hybridized carbons (Fsp3) is 0.250. The van der Waals surface area contributed by atoms with Gasteiger partial charge >= 0.3 is 0 Å².